The van der Waals surface area contributed by atoms with Gasteiger partial charge in [-0.2, -0.15) is 0 Å². The van der Waals surface area contributed by atoms with Crippen molar-refractivity contribution in [1.29, 1.82) is 0 Å². The highest BCUT2D eigenvalue weighted by atomic mass is 16.3. The Hall–Kier alpha value is -8.40. The molecule has 0 amide bonds. The molecule has 12 rings (SSSR count). The zero-order chi connectivity index (χ0) is 41.7. The van der Waals surface area contributed by atoms with E-state index in [1.807, 2.05) is 6.07 Å². The number of anilines is 3. The Morgan fingerprint density at radius 2 is 0.857 bits per heavy atom. The van der Waals surface area contributed by atoms with E-state index in [1.165, 1.54) is 38.5 Å². The number of nitrogens with zero attached hydrogens (tertiary/aromatic N) is 2. The van der Waals surface area contributed by atoms with Gasteiger partial charge < -0.3 is 13.9 Å². The normalized spacial score (nSPS) is 11.5. The molecule has 0 aliphatic carbocycles. The van der Waals surface area contributed by atoms with E-state index in [2.05, 4.69) is 246 Å². The van der Waals surface area contributed by atoms with E-state index in [-0.39, 0.29) is 0 Å². The maximum Gasteiger partial charge on any atom is 0.136 e. The Bertz CT molecular complexity index is 3570. The first-order valence-corrected chi connectivity index (χ1v) is 21.5. The van der Waals surface area contributed by atoms with Gasteiger partial charge in [0.2, 0.25) is 0 Å². The van der Waals surface area contributed by atoms with Crippen LogP contribution in [0.15, 0.2) is 247 Å². The van der Waals surface area contributed by atoms with Crippen molar-refractivity contribution in [2.75, 3.05) is 4.90 Å². The van der Waals surface area contributed by atoms with Crippen LogP contribution >= 0.6 is 0 Å². The van der Waals surface area contributed by atoms with Gasteiger partial charge in [0.05, 0.1) is 22.4 Å². The fraction of sp³-hybridized carbons (Fsp3) is 0. The molecule has 0 bridgehead atoms. The standard InChI is InChI=1S/C60H40N2O/c1-3-17-41(18-4-1)44-21-15-22-47(39-44)61(54-28-11-9-25-51(54)52-27-16-32-59-60(52)53-26-10-14-31-58(53)63-59)46-36-33-42(34-37-46)45-35-38-48(43-19-5-2-6-20-43)57(40-45)62-55-29-12-7-23-49(55)50-24-8-13-30-56(50)62/h1-40H. The van der Waals surface area contributed by atoms with E-state index in [9.17, 15) is 0 Å². The van der Waals surface area contributed by atoms with Crippen LogP contribution in [0.25, 0.3) is 93.9 Å². The molecule has 0 unspecified atom stereocenters. The lowest BCUT2D eigenvalue weighted by atomic mass is 9.96. The quantitative estimate of drug-likeness (QED) is 0.153. The molecule has 0 radical (unpaired) electrons. The number of para-hydroxylation sites is 4. The number of fused-ring (bicyclic) bond motifs is 6. The van der Waals surface area contributed by atoms with Crippen LogP contribution in [0.2, 0.25) is 0 Å². The van der Waals surface area contributed by atoms with Crippen molar-refractivity contribution in [3.8, 4) is 50.2 Å². The second-order valence-corrected chi connectivity index (χ2v) is 16.1. The Balaban J connectivity index is 1.03. The van der Waals surface area contributed by atoms with E-state index < -0.39 is 0 Å². The van der Waals surface area contributed by atoms with Crippen molar-refractivity contribution in [3.63, 3.8) is 0 Å². The number of rotatable bonds is 8. The number of furan rings is 1. The molecule has 2 heterocycles. The lowest BCUT2D eigenvalue weighted by Crippen LogP contribution is -2.11. The van der Waals surface area contributed by atoms with Crippen LogP contribution in [0.4, 0.5) is 17.1 Å². The lowest BCUT2D eigenvalue weighted by molar-refractivity contribution is 0.669. The topological polar surface area (TPSA) is 21.3 Å². The summed E-state index contributed by atoms with van der Waals surface area (Å²) in [7, 11) is 0. The van der Waals surface area contributed by atoms with Gasteiger partial charge in [0.25, 0.3) is 0 Å². The maximum absolute atomic E-state index is 6.40. The summed E-state index contributed by atoms with van der Waals surface area (Å²) in [5.41, 5.74) is 17.7. The fourth-order valence-corrected chi connectivity index (χ4v) is 9.52. The second kappa shape index (κ2) is 15.3. The lowest BCUT2D eigenvalue weighted by Gasteiger charge is -2.28. The molecule has 0 N–H and O–H groups in total. The largest absolute Gasteiger partial charge is 0.456 e. The van der Waals surface area contributed by atoms with Gasteiger partial charge in [0, 0.05) is 44.0 Å². The van der Waals surface area contributed by atoms with E-state index >= 15 is 0 Å². The molecule has 296 valence electrons. The Morgan fingerprint density at radius 3 is 1.62 bits per heavy atom. The van der Waals surface area contributed by atoms with Gasteiger partial charge in [-0.3, -0.25) is 0 Å². The molecule has 0 spiro atoms. The summed E-state index contributed by atoms with van der Waals surface area (Å²) in [6.45, 7) is 0. The fourth-order valence-electron chi connectivity index (χ4n) is 9.52. The monoisotopic (exact) mass is 804 g/mol. The number of hydrogen-bond acceptors (Lipinski definition) is 2. The molecule has 63 heavy (non-hydrogen) atoms. The molecule has 2 aromatic heterocycles. The van der Waals surface area contributed by atoms with Crippen LogP contribution in [0.5, 0.6) is 0 Å². The summed E-state index contributed by atoms with van der Waals surface area (Å²) in [5, 5.41) is 4.72. The van der Waals surface area contributed by atoms with Gasteiger partial charge in [0.1, 0.15) is 11.2 Å². The molecular formula is C60H40N2O. The van der Waals surface area contributed by atoms with Gasteiger partial charge in [0.15, 0.2) is 0 Å². The van der Waals surface area contributed by atoms with Gasteiger partial charge in [-0.25, -0.2) is 0 Å². The molecule has 0 atom stereocenters. The minimum atomic E-state index is 0.879. The van der Waals surface area contributed by atoms with Crippen LogP contribution in [0, 0.1) is 0 Å². The first-order valence-electron chi connectivity index (χ1n) is 21.5. The summed E-state index contributed by atoms with van der Waals surface area (Å²) >= 11 is 0. The summed E-state index contributed by atoms with van der Waals surface area (Å²) in [6, 6.07) is 87.1. The Kier molecular flexibility index (Phi) is 8.83. The van der Waals surface area contributed by atoms with Gasteiger partial charge >= 0.3 is 0 Å². The average molecular weight is 805 g/mol. The van der Waals surface area contributed by atoms with E-state index in [0.29, 0.717) is 0 Å². The third-order valence-corrected chi connectivity index (χ3v) is 12.4. The van der Waals surface area contributed by atoms with Crippen LogP contribution in [0.1, 0.15) is 0 Å². The van der Waals surface area contributed by atoms with Crippen LogP contribution < -0.4 is 4.90 Å². The molecule has 10 aromatic carbocycles. The molecule has 0 aliphatic heterocycles. The average Bonchev–Trinajstić information content (AvgIpc) is 3.91. The molecule has 0 aliphatic rings. The third kappa shape index (κ3) is 6.29. The highest BCUT2D eigenvalue weighted by molar-refractivity contribution is 6.14. The van der Waals surface area contributed by atoms with Crippen molar-refractivity contribution < 1.29 is 4.42 Å². The third-order valence-electron chi connectivity index (χ3n) is 12.4. The zero-order valence-corrected chi connectivity index (χ0v) is 34.4. The first-order chi connectivity index (χ1) is 31.3. The van der Waals surface area contributed by atoms with Crippen molar-refractivity contribution in [1.82, 2.24) is 4.57 Å². The van der Waals surface area contributed by atoms with Crippen LogP contribution in [-0.4, -0.2) is 4.57 Å². The van der Waals surface area contributed by atoms with Gasteiger partial charge in [-0.15, -0.1) is 0 Å². The minimum absolute atomic E-state index is 0.879. The Labute approximate surface area is 366 Å². The molecule has 0 fully saturated rings. The first kappa shape index (κ1) is 36.5. The van der Waals surface area contributed by atoms with Crippen molar-refractivity contribution in [2.24, 2.45) is 0 Å². The van der Waals surface area contributed by atoms with Gasteiger partial charge in [-0.05, 0) is 94.0 Å². The summed E-state index contributed by atoms with van der Waals surface area (Å²) in [4.78, 5) is 2.40. The highest BCUT2D eigenvalue weighted by Gasteiger charge is 2.22. The van der Waals surface area contributed by atoms with Crippen molar-refractivity contribution >= 4 is 60.8 Å². The predicted octanol–water partition coefficient (Wildman–Crippen LogP) is 16.8. The summed E-state index contributed by atoms with van der Waals surface area (Å²) in [5.74, 6) is 0. The van der Waals surface area contributed by atoms with E-state index in [4.69, 9.17) is 4.42 Å². The van der Waals surface area contributed by atoms with E-state index in [0.717, 1.165) is 72.5 Å². The van der Waals surface area contributed by atoms with Gasteiger partial charge in [-0.1, -0.05) is 182 Å². The smallest absolute Gasteiger partial charge is 0.136 e. The number of benzene rings is 10. The predicted molar refractivity (Wildman–Crippen MR) is 264 cm³/mol. The number of hydrogen-bond donors (Lipinski definition) is 0. The Morgan fingerprint density at radius 1 is 0.317 bits per heavy atom. The molecule has 0 saturated carbocycles. The zero-order valence-electron chi connectivity index (χ0n) is 34.4. The maximum atomic E-state index is 6.40. The summed E-state index contributed by atoms with van der Waals surface area (Å²) in [6.07, 6.45) is 0. The highest BCUT2D eigenvalue weighted by Crippen LogP contribution is 2.46. The SMILES string of the molecule is c1ccc(-c2cccc(N(c3ccc(-c4ccc(-c5ccccc5)c(-n5c6ccccc6c6ccccc65)c4)cc3)c3ccccc3-c3cccc4oc5ccccc5c34)c2)cc1. The molecule has 3 nitrogen and oxygen atoms in total. The molecule has 12 aromatic rings. The number of aromatic nitrogens is 1. The molecule has 0 saturated heterocycles. The molecular weight excluding hydrogens is 765 g/mol. The second-order valence-electron chi connectivity index (χ2n) is 16.1. The molecule has 3 heteroatoms. The summed E-state index contributed by atoms with van der Waals surface area (Å²) < 4.78 is 8.83. The van der Waals surface area contributed by atoms with Crippen molar-refractivity contribution in [2.45, 2.75) is 0 Å². The van der Waals surface area contributed by atoms with Crippen LogP contribution in [-0.2, 0) is 0 Å². The van der Waals surface area contributed by atoms with Crippen LogP contribution in [0.3, 0.4) is 0 Å². The minimum Gasteiger partial charge on any atom is -0.456 e. The van der Waals surface area contributed by atoms with Crippen molar-refractivity contribution in [3.05, 3.63) is 243 Å². The van der Waals surface area contributed by atoms with E-state index in [1.54, 1.807) is 0 Å².